The maximum Gasteiger partial charge on any atom is 0.246 e. The number of hydrogen-bond donors (Lipinski definition) is 0. The quantitative estimate of drug-likeness (QED) is 0.304. The summed E-state index contributed by atoms with van der Waals surface area (Å²) in [4.78, 5) is 29.1. The Bertz CT molecular complexity index is 1050. The van der Waals surface area contributed by atoms with Crippen LogP contribution in [0.25, 0.3) is 0 Å². The minimum Gasteiger partial charge on any atom is -0.338 e. The van der Waals surface area contributed by atoms with Crippen molar-refractivity contribution >= 4 is 23.5 Å². The van der Waals surface area contributed by atoms with E-state index in [0.29, 0.717) is 0 Å². The van der Waals surface area contributed by atoms with Gasteiger partial charge in [0.25, 0.3) is 0 Å². The van der Waals surface area contributed by atoms with Crippen LogP contribution in [-0.4, -0.2) is 71.0 Å². The Hall–Kier alpha value is -2.62. The summed E-state index contributed by atoms with van der Waals surface area (Å²) < 4.78 is 0. The van der Waals surface area contributed by atoms with Crippen LogP contribution in [0.5, 0.6) is 0 Å². The van der Waals surface area contributed by atoms with Crippen LogP contribution >= 0.6 is 11.6 Å². The number of allylic oxidation sites excluding steroid dienone is 5. The molecule has 0 unspecified atom stereocenters. The molecule has 1 saturated heterocycles. The number of halogens is 1. The maximum absolute atomic E-state index is 12.5. The van der Waals surface area contributed by atoms with E-state index in [1.807, 2.05) is 17.2 Å². The summed E-state index contributed by atoms with van der Waals surface area (Å²) in [6, 6.07) is 0.819. The van der Waals surface area contributed by atoms with Crippen molar-refractivity contribution < 1.29 is 4.79 Å². The van der Waals surface area contributed by atoms with Gasteiger partial charge in [0, 0.05) is 69.0 Å². The van der Waals surface area contributed by atoms with Crippen LogP contribution in [0.3, 0.4) is 0 Å². The highest BCUT2D eigenvalue weighted by atomic mass is 35.5. The summed E-state index contributed by atoms with van der Waals surface area (Å²) >= 11 is 5.42. The first-order chi connectivity index (χ1) is 17.9. The fraction of sp³-hybridized carbons (Fsp3) is 0.567. The molecule has 0 atom stereocenters. The van der Waals surface area contributed by atoms with Gasteiger partial charge in [-0.25, -0.2) is 9.97 Å². The first-order valence-electron chi connectivity index (χ1n) is 13.5. The molecule has 0 bridgehead atoms. The smallest absolute Gasteiger partial charge is 0.246 e. The van der Waals surface area contributed by atoms with Gasteiger partial charge in [0.2, 0.25) is 11.9 Å². The van der Waals surface area contributed by atoms with E-state index in [2.05, 4.69) is 46.5 Å². The van der Waals surface area contributed by atoms with Gasteiger partial charge in [0.15, 0.2) is 0 Å². The van der Waals surface area contributed by atoms with Crippen LogP contribution in [0.4, 0.5) is 5.95 Å². The van der Waals surface area contributed by atoms with Crippen molar-refractivity contribution in [3.63, 3.8) is 0 Å². The molecular weight excluding hydrogens is 482 g/mol. The summed E-state index contributed by atoms with van der Waals surface area (Å²) in [5, 5.41) is 0.731. The van der Waals surface area contributed by atoms with Crippen LogP contribution in [0.15, 0.2) is 41.1 Å². The van der Waals surface area contributed by atoms with Crippen molar-refractivity contribution in [1.29, 1.82) is 0 Å². The molecule has 3 heterocycles. The molecule has 4 rings (SSSR count). The number of carbonyl (C=O) groups excluding carboxylic acids is 1. The minimum atomic E-state index is 0.102. The number of aromatic nitrogens is 2. The molecule has 0 aromatic carbocycles. The van der Waals surface area contributed by atoms with E-state index < -0.39 is 0 Å². The topological polar surface area (TPSA) is 52.6 Å². The Kier molecular flexibility index (Phi) is 11.7. The van der Waals surface area contributed by atoms with E-state index in [-0.39, 0.29) is 5.91 Å². The normalized spacial score (nSPS) is 18.6. The fourth-order valence-corrected chi connectivity index (χ4v) is 4.68. The maximum atomic E-state index is 12.5. The molecule has 37 heavy (non-hydrogen) atoms. The van der Waals surface area contributed by atoms with Gasteiger partial charge in [0.1, 0.15) is 0 Å². The highest BCUT2D eigenvalue weighted by Crippen LogP contribution is 2.26. The minimum absolute atomic E-state index is 0.102. The number of anilines is 1. The molecule has 1 saturated carbocycles. The third-order valence-corrected chi connectivity index (χ3v) is 7.16. The molecular formula is C30H42ClN5O. The van der Waals surface area contributed by atoms with Gasteiger partial charge in [-0.15, -0.1) is 5.92 Å². The first-order valence-corrected chi connectivity index (χ1v) is 13.9. The van der Waals surface area contributed by atoms with Crippen LogP contribution in [0, 0.1) is 11.8 Å². The van der Waals surface area contributed by atoms with E-state index in [1.54, 1.807) is 26.0 Å². The number of amides is 1. The lowest BCUT2D eigenvalue weighted by Gasteiger charge is -2.43. The predicted octanol–water partition coefficient (Wildman–Crippen LogP) is 5.14. The van der Waals surface area contributed by atoms with Gasteiger partial charge in [-0.2, -0.15) is 0 Å². The number of nitrogens with zero attached hydrogens (tertiary/aromatic N) is 5. The van der Waals surface area contributed by atoms with Crippen LogP contribution in [0.2, 0.25) is 0 Å². The third-order valence-electron chi connectivity index (χ3n) is 7.05. The molecule has 1 aromatic rings. The average molecular weight is 524 g/mol. The summed E-state index contributed by atoms with van der Waals surface area (Å²) in [5.41, 5.74) is 3.58. The zero-order valence-electron chi connectivity index (χ0n) is 23.0. The van der Waals surface area contributed by atoms with Crippen molar-refractivity contribution in [2.75, 3.05) is 44.2 Å². The largest absolute Gasteiger partial charge is 0.338 e. The van der Waals surface area contributed by atoms with Gasteiger partial charge in [-0.1, -0.05) is 41.7 Å². The molecule has 1 aromatic heterocycles. The zero-order chi connectivity index (χ0) is 26.6. The lowest BCUT2D eigenvalue weighted by atomic mass is 9.91. The molecule has 6 nitrogen and oxygen atoms in total. The molecule has 0 N–H and O–H groups in total. The van der Waals surface area contributed by atoms with Crippen LogP contribution in [0.1, 0.15) is 64.6 Å². The van der Waals surface area contributed by atoms with Gasteiger partial charge >= 0.3 is 0 Å². The fourth-order valence-electron chi connectivity index (χ4n) is 4.63. The summed E-state index contributed by atoms with van der Waals surface area (Å²) in [5.74, 6) is 6.36. The van der Waals surface area contributed by atoms with Gasteiger partial charge in [0.05, 0.1) is 5.69 Å². The highest BCUT2D eigenvalue weighted by molar-refractivity contribution is 6.29. The van der Waals surface area contributed by atoms with Crippen molar-refractivity contribution in [1.82, 2.24) is 19.8 Å². The lowest BCUT2D eigenvalue weighted by molar-refractivity contribution is -0.125. The number of rotatable bonds is 5. The molecule has 7 heteroatoms. The Morgan fingerprint density at radius 1 is 1.11 bits per heavy atom. The van der Waals surface area contributed by atoms with E-state index in [9.17, 15) is 4.79 Å². The second-order valence-corrected chi connectivity index (χ2v) is 10.7. The summed E-state index contributed by atoms with van der Waals surface area (Å²) in [6.07, 6.45) is 16.0. The Balaban J connectivity index is 0.000000479. The van der Waals surface area contributed by atoms with E-state index in [1.165, 1.54) is 30.4 Å². The molecule has 0 radical (unpaired) electrons. The van der Waals surface area contributed by atoms with E-state index in [4.69, 9.17) is 16.6 Å². The lowest BCUT2D eigenvalue weighted by Crippen LogP contribution is -2.52. The van der Waals surface area contributed by atoms with Gasteiger partial charge in [-0.05, 0) is 65.0 Å². The van der Waals surface area contributed by atoms with Gasteiger partial charge < -0.3 is 9.80 Å². The Morgan fingerprint density at radius 2 is 1.84 bits per heavy atom. The molecule has 2 aliphatic heterocycles. The number of carbonyl (C=O) groups is 1. The second-order valence-electron chi connectivity index (χ2n) is 10.1. The first kappa shape index (κ1) is 28.9. The van der Waals surface area contributed by atoms with Crippen molar-refractivity contribution in [2.45, 2.75) is 72.3 Å². The molecule has 1 aliphatic carbocycles. The Labute approximate surface area is 228 Å². The SMILES string of the molecule is CC#C/C=C(\C)Cl.CC(C)=CC/C=C/C(=O)N1CCc2cnc(N3CCN(C4CCC4)CC3)nc2CC1. The number of piperazine rings is 1. The predicted molar refractivity (Wildman–Crippen MR) is 154 cm³/mol. The van der Waals surface area contributed by atoms with Crippen molar-refractivity contribution in [3.8, 4) is 11.8 Å². The number of fused-ring (bicyclic) bond motifs is 1. The zero-order valence-corrected chi connectivity index (χ0v) is 23.7. The van der Waals surface area contributed by atoms with Crippen LogP contribution < -0.4 is 4.90 Å². The molecule has 2 fully saturated rings. The summed E-state index contributed by atoms with van der Waals surface area (Å²) in [7, 11) is 0. The molecule has 1 amide bonds. The van der Waals surface area contributed by atoms with Crippen LogP contribution in [-0.2, 0) is 17.6 Å². The standard InChI is InChI=1S/C24H35N5O.C6H7Cl/c1-19(2)6-3-4-9-23(30)28-12-10-20-18-25-24(26-22(20)11-13-28)29-16-14-27(15-17-29)21-7-5-8-21;1-3-4-5-6(2)7/h4,6,9,18,21H,3,5,7-8,10-17H2,1-2H3;5H,1-2H3/b9-4+;6-5+. The highest BCUT2D eigenvalue weighted by Gasteiger charge is 2.29. The third kappa shape index (κ3) is 9.32. The Morgan fingerprint density at radius 3 is 2.43 bits per heavy atom. The number of hydrogen-bond acceptors (Lipinski definition) is 5. The summed E-state index contributed by atoms with van der Waals surface area (Å²) in [6.45, 7) is 13.4. The van der Waals surface area contributed by atoms with E-state index >= 15 is 0 Å². The monoisotopic (exact) mass is 523 g/mol. The van der Waals surface area contributed by atoms with E-state index in [0.717, 1.165) is 81.2 Å². The van der Waals surface area contributed by atoms with Crippen molar-refractivity contribution in [2.24, 2.45) is 0 Å². The van der Waals surface area contributed by atoms with Gasteiger partial charge in [-0.3, -0.25) is 9.69 Å². The van der Waals surface area contributed by atoms with Crippen molar-refractivity contribution in [3.05, 3.63) is 52.4 Å². The second kappa shape index (κ2) is 15.0. The average Bonchev–Trinajstić information content (AvgIpc) is 3.07. The molecule has 200 valence electrons. The molecule has 0 spiro atoms. The molecule has 3 aliphatic rings.